The number of likely N-dealkylation sites (tertiary alicyclic amines) is 1. The van der Waals surface area contributed by atoms with Crippen LogP contribution in [0.25, 0.3) is 11.3 Å². The summed E-state index contributed by atoms with van der Waals surface area (Å²) in [6, 6.07) is 13.7. The van der Waals surface area contributed by atoms with Crippen molar-refractivity contribution < 1.29 is 9.21 Å². The fourth-order valence-corrected chi connectivity index (χ4v) is 3.54. The van der Waals surface area contributed by atoms with E-state index < -0.39 is 0 Å². The van der Waals surface area contributed by atoms with E-state index in [0.29, 0.717) is 6.54 Å². The van der Waals surface area contributed by atoms with Crippen LogP contribution < -0.4 is 5.32 Å². The van der Waals surface area contributed by atoms with Crippen LogP contribution in [0.4, 0.5) is 10.5 Å². The Morgan fingerprint density at radius 1 is 1.23 bits per heavy atom. The van der Waals surface area contributed by atoms with Crippen LogP contribution in [0.5, 0.6) is 0 Å². The number of nitrogens with one attached hydrogen (secondary N) is 1. The number of aryl methyl sites for hydroxylation is 2. The molecule has 4 rings (SSSR count). The van der Waals surface area contributed by atoms with Crippen LogP contribution in [0, 0.1) is 13.8 Å². The summed E-state index contributed by atoms with van der Waals surface area (Å²) in [7, 11) is 0. The Bertz CT molecular complexity index is 914. The maximum atomic E-state index is 12.6. The van der Waals surface area contributed by atoms with E-state index in [2.05, 4.69) is 23.4 Å². The lowest BCUT2D eigenvalue weighted by molar-refractivity contribution is 0.220. The van der Waals surface area contributed by atoms with Crippen LogP contribution in [0.1, 0.15) is 23.9 Å². The number of carbonyl (C=O) groups excluding carboxylic acids is 1. The smallest absolute Gasteiger partial charge is 0.321 e. The highest BCUT2D eigenvalue weighted by Crippen LogP contribution is 2.25. The molecular weight excluding hydrogens is 328 g/mol. The minimum absolute atomic E-state index is 0.0781. The average molecular weight is 350 g/mol. The van der Waals surface area contributed by atoms with Crippen LogP contribution in [0.15, 0.2) is 53.1 Å². The first-order valence-electron chi connectivity index (χ1n) is 8.83. The second-order valence-electron chi connectivity index (χ2n) is 6.75. The van der Waals surface area contributed by atoms with Gasteiger partial charge < -0.3 is 14.6 Å². The number of anilines is 1. The molecule has 0 unspecified atom stereocenters. The van der Waals surface area contributed by atoms with Crippen LogP contribution in [-0.4, -0.2) is 33.8 Å². The lowest BCUT2D eigenvalue weighted by atomic mass is 10.1. The maximum absolute atomic E-state index is 12.6. The van der Waals surface area contributed by atoms with Gasteiger partial charge in [-0.1, -0.05) is 12.1 Å². The molecule has 6 heteroatoms. The molecule has 6 nitrogen and oxygen atoms in total. The highest BCUT2D eigenvalue weighted by Gasteiger charge is 2.28. The summed E-state index contributed by atoms with van der Waals surface area (Å²) in [5.41, 5.74) is 3.86. The van der Waals surface area contributed by atoms with Gasteiger partial charge in [0.1, 0.15) is 5.76 Å². The summed E-state index contributed by atoms with van der Waals surface area (Å²) in [5, 5.41) is 7.55. The standard InChI is InChI=1S/C20H22N4O2/c1-14-11-15(2)24(22-14)18-8-9-23(13-18)20(25)21-17-6-3-5-16(12-17)19-7-4-10-26-19/h3-7,10-12,18H,8-9,13H2,1-2H3,(H,21,25)/t18-/m0/s1. The Labute approximate surface area is 152 Å². The molecule has 1 aliphatic heterocycles. The van der Waals surface area contributed by atoms with E-state index in [1.165, 1.54) is 0 Å². The normalized spacial score (nSPS) is 16.8. The van der Waals surface area contributed by atoms with Crippen molar-refractivity contribution in [2.24, 2.45) is 0 Å². The predicted molar refractivity (Wildman–Crippen MR) is 100 cm³/mol. The zero-order valence-corrected chi connectivity index (χ0v) is 15.0. The molecule has 0 aliphatic carbocycles. The SMILES string of the molecule is Cc1cc(C)n([C@H]2CCN(C(=O)Nc3cccc(-c4ccco4)c3)C2)n1. The first-order chi connectivity index (χ1) is 12.6. The first-order valence-corrected chi connectivity index (χ1v) is 8.83. The molecule has 0 saturated carbocycles. The second kappa shape index (κ2) is 6.71. The Morgan fingerprint density at radius 2 is 2.12 bits per heavy atom. The molecule has 3 heterocycles. The number of amides is 2. The van der Waals surface area contributed by atoms with Crippen LogP contribution >= 0.6 is 0 Å². The van der Waals surface area contributed by atoms with Crippen molar-refractivity contribution >= 4 is 11.7 Å². The summed E-state index contributed by atoms with van der Waals surface area (Å²) in [4.78, 5) is 14.5. The van der Waals surface area contributed by atoms with Crippen LogP contribution in [-0.2, 0) is 0 Å². The Balaban J connectivity index is 1.43. The molecular formula is C20H22N4O2. The summed E-state index contributed by atoms with van der Waals surface area (Å²) >= 11 is 0. The number of nitrogens with zero attached hydrogens (tertiary/aromatic N) is 3. The third kappa shape index (κ3) is 3.22. The van der Waals surface area contributed by atoms with E-state index in [1.807, 2.05) is 52.9 Å². The van der Waals surface area contributed by atoms with Gasteiger partial charge in [0.15, 0.2) is 0 Å². The van der Waals surface area contributed by atoms with Gasteiger partial charge in [0.05, 0.1) is 18.0 Å². The number of hydrogen-bond donors (Lipinski definition) is 1. The minimum atomic E-state index is -0.0781. The van der Waals surface area contributed by atoms with Crippen molar-refractivity contribution in [2.45, 2.75) is 26.3 Å². The van der Waals surface area contributed by atoms with Crippen molar-refractivity contribution in [3.8, 4) is 11.3 Å². The van der Waals surface area contributed by atoms with Gasteiger partial charge in [-0.15, -0.1) is 0 Å². The molecule has 1 atom stereocenters. The van der Waals surface area contributed by atoms with E-state index in [1.54, 1.807) is 6.26 Å². The van der Waals surface area contributed by atoms with Crippen molar-refractivity contribution in [3.63, 3.8) is 0 Å². The Kier molecular flexibility index (Phi) is 4.24. The van der Waals surface area contributed by atoms with E-state index in [9.17, 15) is 4.79 Å². The Hall–Kier alpha value is -3.02. The minimum Gasteiger partial charge on any atom is -0.464 e. The number of urea groups is 1. The Morgan fingerprint density at radius 3 is 2.85 bits per heavy atom. The molecule has 0 spiro atoms. The molecule has 1 fully saturated rings. The third-order valence-electron chi connectivity index (χ3n) is 4.76. The molecule has 1 aliphatic rings. The predicted octanol–water partition coefficient (Wildman–Crippen LogP) is 4.24. The number of carbonyl (C=O) groups is 1. The van der Waals surface area contributed by atoms with Gasteiger partial charge in [0, 0.05) is 30.0 Å². The van der Waals surface area contributed by atoms with E-state index in [-0.39, 0.29) is 12.1 Å². The zero-order chi connectivity index (χ0) is 18.1. The lowest BCUT2D eigenvalue weighted by Crippen LogP contribution is -2.33. The van der Waals surface area contributed by atoms with Crippen molar-refractivity contribution in [1.82, 2.24) is 14.7 Å². The van der Waals surface area contributed by atoms with Crippen molar-refractivity contribution in [3.05, 3.63) is 60.1 Å². The fraction of sp³-hybridized carbons (Fsp3) is 0.300. The number of rotatable bonds is 3. The molecule has 0 radical (unpaired) electrons. The third-order valence-corrected chi connectivity index (χ3v) is 4.76. The first kappa shape index (κ1) is 16.4. The highest BCUT2D eigenvalue weighted by atomic mass is 16.3. The molecule has 0 bridgehead atoms. The average Bonchev–Trinajstić information content (AvgIpc) is 3.35. The van der Waals surface area contributed by atoms with Gasteiger partial charge >= 0.3 is 6.03 Å². The molecule has 2 aromatic heterocycles. The van der Waals surface area contributed by atoms with Gasteiger partial charge in [-0.05, 0) is 50.6 Å². The van der Waals surface area contributed by atoms with E-state index in [0.717, 1.165) is 41.4 Å². The monoisotopic (exact) mass is 350 g/mol. The largest absolute Gasteiger partial charge is 0.464 e. The molecule has 134 valence electrons. The molecule has 26 heavy (non-hydrogen) atoms. The maximum Gasteiger partial charge on any atom is 0.321 e. The van der Waals surface area contributed by atoms with Gasteiger partial charge in [0.2, 0.25) is 0 Å². The molecule has 1 N–H and O–H groups in total. The quantitative estimate of drug-likeness (QED) is 0.768. The molecule has 2 amide bonds. The number of aromatic nitrogens is 2. The zero-order valence-electron chi connectivity index (χ0n) is 15.0. The van der Waals surface area contributed by atoms with Gasteiger partial charge in [-0.3, -0.25) is 4.68 Å². The molecule has 1 saturated heterocycles. The highest BCUT2D eigenvalue weighted by molar-refractivity contribution is 5.90. The van der Waals surface area contributed by atoms with E-state index in [4.69, 9.17) is 4.42 Å². The summed E-state index contributed by atoms with van der Waals surface area (Å²) in [6.07, 6.45) is 2.56. The van der Waals surface area contributed by atoms with Gasteiger partial charge in [0.25, 0.3) is 0 Å². The van der Waals surface area contributed by atoms with Crippen molar-refractivity contribution in [1.29, 1.82) is 0 Å². The van der Waals surface area contributed by atoms with E-state index >= 15 is 0 Å². The topological polar surface area (TPSA) is 63.3 Å². The molecule has 3 aromatic rings. The van der Waals surface area contributed by atoms with Gasteiger partial charge in [-0.2, -0.15) is 5.10 Å². The number of benzene rings is 1. The van der Waals surface area contributed by atoms with Crippen LogP contribution in [0.3, 0.4) is 0 Å². The number of hydrogen-bond acceptors (Lipinski definition) is 3. The van der Waals surface area contributed by atoms with Gasteiger partial charge in [-0.25, -0.2) is 4.79 Å². The second-order valence-corrected chi connectivity index (χ2v) is 6.75. The fourth-order valence-electron chi connectivity index (χ4n) is 3.54. The summed E-state index contributed by atoms with van der Waals surface area (Å²) in [6.45, 7) is 5.45. The lowest BCUT2D eigenvalue weighted by Gasteiger charge is -2.18. The van der Waals surface area contributed by atoms with Crippen molar-refractivity contribution in [2.75, 3.05) is 18.4 Å². The summed E-state index contributed by atoms with van der Waals surface area (Å²) < 4.78 is 7.46. The summed E-state index contributed by atoms with van der Waals surface area (Å²) in [5.74, 6) is 0.784. The number of furan rings is 1. The van der Waals surface area contributed by atoms with Crippen LogP contribution in [0.2, 0.25) is 0 Å². The molecule has 1 aromatic carbocycles.